The molecule has 0 saturated carbocycles. The monoisotopic (exact) mass is 487 g/mol. The number of alkyl halides is 1. The zero-order valence-electron chi connectivity index (χ0n) is 17.7. The van der Waals surface area contributed by atoms with E-state index in [0.29, 0.717) is 0 Å². The average molecular weight is 487 g/mol. The van der Waals surface area contributed by atoms with Gasteiger partial charge in [0, 0.05) is 12.3 Å². The van der Waals surface area contributed by atoms with Crippen LogP contribution in [-0.4, -0.2) is 58.8 Å². The number of H-pyrrole nitrogens is 1. The number of rotatable bonds is 9. The molecule has 1 aliphatic heterocycles. The second-order valence-electron chi connectivity index (χ2n) is 7.25. The molecule has 3 rings (SSSR count). The van der Waals surface area contributed by atoms with Crippen molar-refractivity contribution in [2.45, 2.75) is 31.0 Å². The van der Waals surface area contributed by atoms with E-state index in [2.05, 4.69) is 9.82 Å². The number of esters is 1. The first-order chi connectivity index (χ1) is 15.6. The fourth-order valence-corrected chi connectivity index (χ4v) is 4.37. The van der Waals surface area contributed by atoms with Crippen LogP contribution in [0.4, 0.5) is 4.39 Å². The molecule has 1 aromatic carbocycles. The average Bonchev–Trinajstić information content (AvgIpc) is 3.00. The van der Waals surface area contributed by atoms with E-state index in [1.165, 1.54) is 12.1 Å². The number of carbonyl (C=O) groups excluding carboxylic acids is 1. The van der Waals surface area contributed by atoms with Crippen LogP contribution in [0.2, 0.25) is 0 Å². The Morgan fingerprint density at radius 3 is 2.67 bits per heavy atom. The zero-order chi connectivity index (χ0) is 24.2. The smallest absolute Gasteiger partial charge is 0.459 e. The van der Waals surface area contributed by atoms with Gasteiger partial charge < -0.3 is 19.1 Å². The quantitative estimate of drug-likeness (QED) is 0.336. The number of nitrogens with zero attached hydrogens (tertiary/aromatic N) is 1. The maximum atomic E-state index is 15.3. The van der Waals surface area contributed by atoms with Gasteiger partial charge in [-0.2, -0.15) is 0 Å². The van der Waals surface area contributed by atoms with Crippen LogP contribution in [0.15, 0.2) is 52.2 Å². The Bertz CT molecular complexity index is 1140. The standard InChI is InChI=1S/C19H23FN3O9P/c1-19(20)16(26)13(31-17(19)23-9-8-14(24)22-18(23)27)11-30-33(28,21-10-15(25)29-2)32-12-6-4-3-5-7-12/h3-9,13,16-17,26H,10-11H2,1-2H3,(H,21,28)(H,22,24,27)/t13-,16-,17-,19-,33-/m1/s1. The van der Waals surface area contributed by atoms with Crippen molar-refractivity contribution in [3.05, 3.63) is 63.4 Å². The molecule has 1 fully saturated rings. The predicted molar refractivity (Wildman–Crippen MR) is 111 cm³/mol. The van der Waals surface area contributed by atoms with E-state index in [0.717, 1.165) is 30.9 Å². The summed E-state index contributed by atoms with van der Waals surface area (Å²) in [4.78, 5) is 36.8. The van der Waals surface area contributed by atoms with E-state index in [9.17, 15) is 24.1 Å². The minimum atomic E-state index is -4.22. The first-order valence-electron chi connectivity index (χ1n) is 9.71. The fraction of sp³-hybridized carbons (Fsp3) is 0.421. The van der Waals surface area contributed by atoms with Gasteiger partial charge in [-0.25, -0.2) is 18.8 Å². The molecular weight excluding hydrogens is 464 g/mol. The molecule has 5 atom stereocenters. The van der Waals surface area contributed by atoms with Gasteiger partial charge in [-0.3, -0.25) is 23.7 Å². The number of aliphatic hydroxyl groups is 1. The van der Waals surface area contributed by atoms with Crippen LogP contribution in [-0.2, 0) is 23.4 Å². The summed E-state index contributed by atoms with van der Waals surface area (Å²) in [5, 5.41) is 12.8. The number of methoxy groups -OCH3 is 1. The van der Waals surface area contributed by atoms with Crippen molar-refractivity contribution in [3.8, 4) is 5.75 Å². The van der Waals surface area contributed by atoms with Gasteiger partial charge in [0.05, 0.1) is 13.7 Å². The Hall–Kier alpha value is -2.83. The summed E-state index contributed by atoms with van der Waals surface area (Å²) in [6, 6.07) is 8.91. The lowest BCUT2D eigenvalue weighted by atomic mass is 9.98. The van der Waals surface area contributed by atoms with Gasteiger partial charge >= 0.3 is 19.4 Å². The fourth-order valence-electron chi connectivity index (χ4n) is 3.09. The topological polar surface area (TPSA) is 158 Å². The molecule has 0 radical (unpaired) electrons. The third-order valence-corrected chi connectivity index (χ3v) is 6.33. The normalized spacial score (nSPS) is 26.5. The summed E-state index contributed by atoms with van der Waals surface area (Å²) in [6.07, 6.45) is -3.76. The van der Waals surface area contributed by atoms with Crippen molar-refractivity contribution in [1.29, 1.82) is 0 Å². The molecule has 180 valence electrons. The molecule has 2 heterocycles. The van der Waals surface area contributed by atoms with Crippen LogP contribution in [0.25, 0.3) is 0 Å². The van der Waals surface area contributed by atoms with Crippen molar-refractivity contribution in [2.75, 3.05) is 20.3 Å². The number of ether oxygens (including phenoxy) is 2. The minimum absolute atomic E-state index is 0.152. The van der Waals surface area contributed by atoms with Crippen molar-refractivity contribution in [3.63, 3.8) is 0 Å². The number of aromatic nitrogens is 2. The molecule has 2 aromatic rings. The first kappa shape index (κ1) is 24.8. The van der Waals surface area contributed by atoms with Gasteiger partial charge in [0.2, 0.25) is 0 Å². The van der Waals surface area contributed by atoms with Crippen LogP contribution in [0.3, 0.4) is 0 Å². The van der Waals surface area contributed by atoms with Crippen molar-refractivity contribution in [2.24, 2.45) is 0 Å². The van der Waals surface area contributed by atoms with Gasteiger partial charge in [-0.15, -0.1) is 0 Å². The second kappa shape index (κ2) is 9.98. The maximum absolute atomic E-state index is 15.3. The van der Waals surface area contributed by atoms with E-state index in [1.54, 1.807) is 18.2 Å². The summed E-state index contributed by atoms with van der Waals surface area (Å²) >= 11 is 0. The number of para-hydroxylation sites is 1. The summed E-state index contributed by atoms with van der Waals surface area (Å²) in [5.74, 6) is -0.597. The molecule has 1 aliphatic rings. The number of halogens is 1. The highest BCUT2D eigenvalue weighted by atomic mass is 31.2. The van der Waals surface area contributed by atoms with E-state index < -0.39 is 62.2 Å². The van der Waals surface area contributed by atoms with E-state index >= 15 is 4.39 Å². The van der Waals surface area contributed by atoms with E-state index in [-0.39, 0.29) is 5.75 Å². The summed E-state index contributed by atoms with van der Waals surface area (Å²) < 4.78 is 49.9. The number of aromatic amines is 1. The number of carbonyl (C=O) groups is 1. The summed E-state index contributed by atoms with van der Waals surface area (Å²) in [6.45, 7) is -0.145. The van der Waals surface area contributed by atoms with Crippen LogP contribution >= 0.6 is 7.75 Å². The number of aliphatic hydroxyl groups excluding tert-OH is 1. The summed E-state index contributed by atoms with van der Waals surface area (Å²) in [7, 11) is -3.08. The lowest BCUT2D eigenvalue weighted by molar-refractivity contribution is -0.139. The molecule has 0 bridgehead atoms. The molecule has 1 saturated heterocycles. The van der Waals surface area contributed by atoms with Crippen LogP contribution in [0.5, 0.6) is 5.75 Å². The van der Waals surface area contributed by atoms with Crippen molar-refractivity contribution in [1.82, 2.24) is 14.6 Å². The van der Waals surface area contributed by atoms with Gasteiger partial charge in [-0.1, -0.05) is 18.2 Å². The number of hydrogen-bond donors (Lipinski definition) is 3. The predicted octanol–water partition coefficient (Wildman–Crippen LogP) is 0.489. The highest BCUT2D eigenvalue weighted by Crippen LogP contribution is 2.46. The van der Waals surface area contributed by atoms with E-state index in [1.807, 2.05) is 4.98 Å². The van der Waals surface area contributed by atoms with Crippen LogP contribution in [0, 0.1) is 0 Å². The SMILES string of the molecule is COC(=O)CN[P@@](=O)(OC[C@H]1O[C@@H](n2ccc(=O)[nH]c2=O)[C@](C)(F)[C@@H]1O)Oc1ccccc1. The van der Waals surface area contributed by atoms with Gasteiger partial charge in [0.15, 0.2) is 11.9 Å². The zero-order valence-corrected chi connectivity index (χ0v) is 18.6. The molecule has 1 aromatic heterocycles. The minimum Gasteiger partial charge on any atom is -0.468 e. The van der Waals surface area contributed by atoms with Gasteiger partial charge in [0.1, 0.15) is 24.5 Å². The van der Waals surface area contributed by atoms with Gasteiger partial charge in [0.25, 0.3) is 5.56 Å². The second-order valence-corrected chi connectivity index (χ2v) is 9.00. The number of benzene rings is 1. The van der Waals surface area contributed by atoms with E-state index in [4.69, 9.17) is 13.8 Å². The molecule has 12 nitrogen and oxygen atoms in total. The van der Waals surface area contributed by atoms with Crippen LogP contribution < -0.4 is 20.9 Å². The third kappa shape index (κ3) is 5.75. The molecule has 3 N–H and O–H groups in total. The Kier molecular flexibility index (Phi) is 7.50. The number of hydrogen-bond acceptors (Lipinski definition) is 9. The highest BCUT2D eigenvalue weighted by Gasteiger charge is 2.55. The highest BCUT2D eigenvalue weighted by molar-refractivity contribution is 7.52. The summed E-state index contributed by atoms with van der Waals surface area (Å²) in [5.41, 5.74) is -4.10. The molecular formula is C19H23FN3O9P. The molecule has 0 amide bonds. The molecule has 0 spiro atoms. The maximum Gasteiger partial charge on any atom is 0.459 e. The Morgan fingerprint density at radius 2 is 2.03 bits per heavy atom. The van der Waals surface area contributed by atoms with Gasteiger partial charge in [-0.05, 0) is 19.1 Å². The first-order valence-corrected chi connectivity index (χ1v) is 11.2. The molecule has 0 aliphatic carbocycles. The Labute approximate surface area is 186 Å². The van der Waals surface area contributed by atoms with Crippen molar-refractivity contribution < 1.29 is 37.4 Å². The Balaban J connectivity index is 1.77. The lowest BCUT2D eigenvalue weighted by Gasteiger charge is -2.24. The van der Waals surface area contributed by atoms with Crippen molar-refractivity contribution >= 4 is 13.7 Å². The molecule has 33 heavy (non-hydrogen) atoms. The molecule has 14 heteroatoms. The Morgan fingerprint density at radius 1 is 1.33 bits per heavy atom. The molecule has 0 unspecified atom stereocenters. The number of nitrogens with one attached hydrogen (secondary N) is 2. The third-order valence-electron chi connectivity index (χ3n) is 4.84. The van der Waals surface area contributed by atoms with Crippen LogP contribution in [0.1, 0.15) is 13.2 Å². The lowest BCUT2D eigenvalue weighted by Crippen LogP contribution is -2.43. The largest absolute Gasteiger partial charge is 0.468 e.